The molecule has 0 atom stereocenters. The van der Waals surface area contributed by atoms with E-state index in [4.69, 9.17) is 11.6 Å². The SMILES string of the molecule is CNC(=O)c1ccc(/C=C/C(=O)NCC(=O)N2CCN(c3cccc(Cl)c3)CC2)cc1. The molecule has 2 aromatic rings. The van der Waals surface area contributed by atoms with Gasteiger partial charge in [0.25, 0.3) is 5.91 Å². The number of carbonyl (C=O) groups is 3. The van der Waals surface area contributed by atoms with Crippen LogP contribution in [0, 0.1) is 0 Å². The Kier molecular flexibility index (Phi) is 7.67. The van der Waals surface area contributed by atoms with Crippen LogP contribution in [0.5, 0.6) is 0 Å². The monoisotopic (exact) mass is 440 g/mol. The fourth-order valence-corrected chi connectivity index (χ4v) is 3.47. The lowest BCUT2D eigenvalue weighted by atomic mass is 10.1. The number of nitrogens with one attached hydrogen (secondary N) is 2. The minimum Gasteiger partial charge on any atom is -0.368 e. The molecule has 162 valence electrons. The van der Waals surface area contributed by atoms with Crippen molar-refractivity contribution in [1.82, 2.24) is 15.5 Å². The van der Waals surface area contributed by atoms with Gasteiger partial charge >= 0.3 is 0 Å². The molecule has 2 N–H and O–H groups in total. The van der Waals surface area contributed by atoms with Gasteiger partial charge in [-0.15, -0.1) is 0 Å². The van der Waals surface area contributed by atoms with Gasteiger partial charge in [-0.2, -0.15) is 0 Å². The maximum absolute atomic E-state index is 12.4. The molecule has 0 aliphatic carbocycles. The van der Waals surface area contributed by atoms with Crippen LogP contribution in [-0.2, 0) is 9.59 Å². The summed E-state index contributed by atoms with van der Waals surface area (Å²) in [5.41, 5.74) is 2.37. The molecular weight excluding hydrogens is 416 g/mol. The van der Waals surface area contributed by atoms with E-state index >= 15 is 0 Å². The van der Waals surface area contributed by atoms with E-state index in [1.54, 1.807) is 42.3 Å². The number of benzene rings is 2. The number of halogens is 1. The fourth-order valence-electron chi connectivity index (χ4n) is 3.28. The zero-order valence-electron chi connectivity index (χ0n) is 17.3. The minimum atomic E-state index is -0.346. The van der Waals surface area contributed by atoms with Crippen LogP contribution in [0.2, 0.25) is 5.02 Å². The first kappa shape index (κ1) is 22.4. The third-order valence-electron chi connectivity index (χ3n) is 5.05. The summed E-state index contributed by atoms with van der Waals surface area (Å²) < 4.78 is 0. The van der Waals surface area contributed by atoms with E-state index in [-0.39, 0.29) is 24.3 Å². The van der Waals surface area contributed by atoms with Crippen molar-refractivity contribution >= 4 is 41.1 Å². The van der Waals surface area contributed by atoms with E-state index in [2.05, 4.69) is 15.5 Å². The van der Waals surface area contributed by atoms with Crippen LogP contribution in [0.4, 0.5) is 5.69 Å². The van der Waals surface area contributed by atoms with Crippen LogP contribution in [-0.4, -0.2) is 62.4 Å². The average molecular weight is 441 g/mol. The predicted octanol–water partition coefficient (Wildman–Crippen LogP) is 2.18. The fraction of sp³-hybridized carbons (Fsp3) is 0.261. The van der Waals surface area contributed by atoms with E-state index in [1.165, 1.54) is 6.08 Å². The Morgan fingerprint density at radius 2 is 1.74 bits per heavy atom. The summed E-state index contributed by atoms with van der Waals surface area (Å²) >= 11 is 6.05. The Bertz CT molecular complexity index is 967. The average Bonchev–Trinajstić information content (AvgIpc) is 2.81. The van der Waals surface area contributed by atoms with Crippen molar-refractivity contribution in [3.63, 3.8) is 0 Å². The highest BCUT2D eigenvalue weighted by Crippen LogP contribution is 2.20. The first-order chi connectivity index (χ1) is 15.0. The first-order valence-corrected chi connectivity index (χ1v) is 10.4. The third-order valence-corrected chi connectivity index (χ3v) is 5.28. The minimum absolute atomic E-state index is 0.0457. The van der Waals surface area contributed by atoms with Gasteiger partial charge in [0.2, 0.25) is 11.8 Å². The van der Waals surface area contributed by atoms with Gasteiger partial charge in [0, 0.05) is 55.6 Å². The molecule has 0 saturated carbocycles. The molecule has 0 bridgehead atoms. The van der Waals surface area contributed by atoms with Gasteiger partial charge in [0.1, 0.15) is 0 Å². The van der Waals surface area contributed by atoms with E-state index in [0.717, 1.165) is 11.3 Å². The molecule has 8 heteroatoms. The van der Waals surface area contributed by atoms with Crippen molar-refractivity contribution in [1.29, 1.82) is 0 Å². The molecule has 1 saturated heterocycles. The number of hydrogen-bond acceptors (Lipinski definition) is 4. The van der Waals surface area contributed by atoms with Crippen LogP contribution in [0.15, 0.2) is 54.6 Å². The normalized spacial score (nSPS) is 13.9. The lowest BCUT2D eigenvalue weighted by Crippen LogP contribution is -2.51. The summed E-state index contributed by atoms with van der Waals surface area (Å²) in [7, 11) is 1.57. The Hall–Kier alpha value is -3.32. The molecule has 0 radical (unpaired) electrons. The maximum atomic E-state index is 12.4. The third kappa shape index (κ3) is 6.33. The summed E-state index contributed by atoms with van der Waals surface area (Å²) in [5.74, 6) is -0.621. The van der Waals surface area contributed by atoms with Gasteiger partial charge < -0.3 is 20.4 Å². The molecule has 3 rings (SSSR count). The van der Waals surface area contributed by atoms with Crippen molar-refractivity contribution in [2.24, 2.45) is 0 Å². The summed E-state index contributed by atoms with van der Waals surface area (Å²) in [6.45, 7) is 2.57. The lowest BCUT2D eigenvalue weighted by molar-refractivity contribution is -0.132. The topological polar surface area (TPSA) is 81.8 Å². The zero-order valence-corrected chi connectivity index (χ0v) is 18.1. The zero-order chi connectivity index (χ0) is 22.2. The van der Waals surface area contributed by atoms with Crippen LogP contribution in [0.25, 0.3) is 6.08 Å². The van der Waals surface area contributed by atoms with Gasteiger partial charge in [-0.3, -0.25) is 14.4 Å². The van der Waals surface area contributed by atoms with Crippen molar-refractivity contribution in [3.05, 3.63) is 70.8 Å². The second kappa shape index (κ2) is 10.6. The summed E-state index contributed by atoms with van der Waals surface area (Å²) in [6, 6.07) is 14.5. The van der Waals surface area contributed by atoms with Gasteiger partial charge in [0.15, 0.2) is 0 Å². The molecule has 1 heterocycles. The largest absolute Gasteiger partial charge is 0.368 e. The van der Waals surface area contributed by atoms with Gasteiger partial charge in [-0.05, 0) is 42.0 Å². The quantitative estimate of drug-likeness (QED) is 0.674. The Morgan fingerprint density at radius 1 is 1.03 bits per heavy atom. The number of nitrogens with zero attached hydrogens (tertiary/aromatic N) is 2. The van der Waals surface area contributed by atoms with Gasteiger partial charge in [0.05, 0.1) is 6.54 Å². The van der Waals surface area contributed by atoms with Crippen LogP contribution in [0.1, 0.15) is 15.9 Å². The number of piperazine rings is 1. The lowest BCUT2D eigenvalue weighted by Gasteiger charge is -2.36. The van der Waals surface area contributed by atoms with Gasteiger partial charge in [-0.25, -0.2) is 0 Å². The molecule has 2 aromatic carbocycles. The van der Waals surface area contributed by atoms with Crippen molar-refractivity contribution < 1.29 is 14.4 Å². The van der Waals surface area contributed by atoms with Crippen LogP contribution < -0.4 is 15.5 Å². The van der Waals surface area contributed by atoms with Crippen molar-refractivity contribution in [2.45, 2.75) is 0 Å². The van der Waals surface area contributed by atoms with Crippen LogP contribution >= 0.6 is 11.6 Å². The molecule has 31 heavy (non-hydrogen) atoms. The highest BCUT2D eigenvalue weighted by Gasteiger charge is 2.21. The molecule has 1 aliphatic heterocycles. The molecule has 0 spiro atoms. The smallest absolute Gasteiger partial charge is 0.251 e. The molecular formula is C23H25ClN4O3. The van der Waals surface area contributed by atoms with Crippen molar-refractivity contribution in [3.8, 4) is 0 Å². The number of rotatable bonds is 6. The number of hydrogen-bond donors (Lipinski definition) is 2. The standard InChI is InChI=1S/C23H25ClN4O3/c1-25-23(31)18-8-5-17(6-9-18)7-10-21(29)26-16-22(30)28-13-11-27(12-14-28)20-4-2-3-19(24)15-20/h2-10,15H,11-14,16H2,1H3,(H,25,31)(H,26,29)/b10-7+. The molecule has 1 aliphatic rings. The Balaban J connectivity index is 1.42. The van der Waals surface area contributed by atoms with Crippen LogP contribution in [0.3, 0.4) is 0 Å². The maximum Gasteiger partial charge on any atom is 0.251 e. The van der Waals surface area contributed by atoms with E-state index in [1.807, 2.05) is 24.3 Å². The molecule has 7 nitrogen and oxygen atoms in total. The molecule has 3 amide bonds. The first-order valence-electron chi connectivity index (χ1n) is 10.0. The number of carbonyl (C=O) groups excluding carboxylic acids is 3. The second-order valence-corrected chi connectivity index (χ2v) is 7.54. The number of amides is 3. The van der Waals surface area contributed by atoms with Crippen molar-refractivity contribution in [2.75, 3.05) is 44.7 Å². The highest BCUT2D eigenvalue weighted by molar-refractivity contribution is 6.30. The Morgan fingerprint density at radius 3 is 2.39 bits per heavy atom. The highest BCUT2D eigenvalue weighted by atomic mass is 35.5. The van der Waals surface area contributed by atoms with Gasteiger partial charge in [-0.1, -0.05) is 29.8 Å². The second-order valence-electron chi connectivity index (χ2n) is 7.10. The summed E-state index contributed by atoms with van der Waals surface area (Å²) in [4.78, 5) is 39.9. The predicted molar refractivity (Wildman–Crippen MR) is 122 cm³/mol. The Labute approximate surface area is 186 Å². The van der Waals surface area contributed by atoms with E-state index in [0.29, 0.717) is 36.8 Å². The summed E-state index contributed by atoms with van der Waals surface area (Å²) in [5, 5.41) is 5.87. The van der Waals surface area contributed by atoms with E-state index in [9.17, 15) is 14.4 Å². The molecule has 0 unspecified atom stereocenters. The molecule has 0 aromatic heterocycles. The molecule has 1 fully saturated rings. The van der Waals surface area contributed by atoms with E-state index < -0.39 is 0 Å². The summed E-state index contributed by atoms with van der Waals surface area (Å²) in [6.07, 6.45) is 3.01. The number of anilines is 1.